The van der Waals surface area contributed by atoms with Crippen molar-refractivity contribution in [2.24, 2.45) is 5.92 Å². The standard InChI is InChI=1S/C17H19NO3/c1-11(2)10-15(17(20)21)18-16(19)14-9-5-7-12-6-3-4-8-13(12)14/h3-9,11,15H,10H2,1-2H3,(H,18,19)(H,20,21)/t15-/m0/s1. The summed E-state index contributed by atoms with van der Waals surface area (Å²) >= 11 is 0. The van der Waals surface area contributed by atoms with Crippen LogP contribution >= 0.6 is 0 Å². The number of carbonyl (C=O) groups is 2. The first-order chi connectivity index (χ1) is 9.99. The van der Waals surface area contributed by atoms with Gasteiger partial charge in [0.15, 0.2) is 0 Å². The summed E-state index contributed by atoms with van der Waals surface area (Å²) in [6.07, 6.45) is 0.409. The lowest BCUT2D eigenvalue weighted by Crippen LogP contribution is -2.41. The minimum absolute atomic E-state index is 0.193. The third-order valence-electron chi connectivity index (χ3n) is 3.34. The van der Waals surface area contributed by atoms with Gasteiger partial charge in [-0.25, -0.2) is 4.79 Å². The lowest BCUT2D eigenvalue weighted by Gasteiger charge is -2.17. The van der Waals surface area contributed by atoms with E-state index in [1.54, 1.807) is 12.1 Å². The molecule has 4 nitrogen and oxygen atoms in total. The number of nitrogens with one attached hydrogen (secondary N) is 1. The van der Waals surface area contributed by atoms with Gasteiger partial charge in [0, 0.05) is 5.56 Å². The summed E-state index contributed by atoms with van der Waals surface area (Å²) in [5.74, 6) is -1.16. The van der Waals surface area contributed by atoms with Gasteiger partial charge < -0.3 is 10.4 Å². The Balaban J connectivity index is 2.27. The quantitative estimate of drug-likeness (QED) is 0.887. The average molecular weight is 285 g/mol. The number of rotatable bonds is 5. The molecule has 0 heterocycles. The first-order valence-corrected chi connectivity index (χ1v) is 7.00. The Morgan fingerprint density at radius 1 is 1.10 bits per heavy atom. The molecule has 0 aromatic heterocycles. The predicted molar refractivity (Wildman–Crippen MR) is 82.3 cm³/mol. The highest BCUT2D eigenvalue weighted by atomic mass is 16.4. The maximum Gasteiger partial charge on any atom is 0.326 e. The van der Waals surface area contributed by atoms with Crippen LogP contribution in [0.2, 0.25) is 0 Å². The monoisotopic (exact) mass is 285 g/mol. The minimum Gasteiger partial charge on any atom is -0.480 e. The van der Waals surface area contributed by atoms with Crippen LogP contribution in [0.1, 0.15) is 30.6 Å². The molecule has 0 aliphatic heterocycles. The van der Waals surface area contributed by atoms with Gasteiger partial charge in [0.1, 0.15) is 6.04 Å². The van der Waals surface area contributed by atoms with E-state index in [2.05, 4.69) is 5.32 Å². The van der Waals surface area contributed by atoms with E-state index in [1.807, 2.05) is 44.2 Å². The summed E-state index contributed by atoms with van der Waals surface area (Å²) in [7, 11) is 0. The summed E-state index contributed by atoms with van der Waals surface area (Å²) < 4.78 is 0. The van der Waals surface area contributed by atoms with Gasteiger partial charge in [0.05, 0.1) is 0 Å². The molecule has 4 heteroatoms. The number of carboxylic acid groups (broad SMARTS) is 1. The van der Waals surface area contributed by atoms with Crippen molar-refractivity contribution in [3.05, 3.63) is 48.0 Å². The van der Waals surface area contributed by atoms with Gasteiger partial charge in [-0.05, 0) is 29.2 Å². The molecule has 0 unspecified atom stereocenters. The fraction of sp³-hybridized carbons (Fsp3) is 0.294. The zero-order valence-corrected chi connectivity index (χ0v) is 12.2. The highest BCUT2D eigenvalue weighted by Gasteiger charge is 2.22. The molecule has 2 N–H and O–H groups in total. The number of aliphatic carboxylic acids is 1. The molecule has 2 aromatic rings. The summed E-state index contributed by atoms with van der Waals surface area (Å²) in [4.78, 5) is 23.6. The number of amides is 1. The largest absolute Gasteiger partial charge is 0.480 e. The van der Waals surface area contributed by atoms with Crippen LogP contribution in [0.4, 0.5) is 0 Å². The first-order valence-electron chi connectivity index (χ1n) is 7.00. The molecule has 0 fully saturated rings. The Morgan fingerprint density at radius 3 is 2.43 bits per heavy atom. The van der Waals surface area contributed by atoms with Crippen molar-refractivity contribution >= 4 is 22.6 Å². The predicted octanol–water partition coefficient (Wildman–Crippen LogP) is 3.07. The van der Waals surface area contributed by atoms with E-state index in [0.717, 1.165) is 10.8 Å². The van der Waals surface area contributed by atoms with Gasteiger partial charge in [-0.3, -0.25) is 4.79 Å². The lowest BCUT2D eigenvalue weighted by atomic mass is 10.0. The molecule has 0 saturated heterocycles. The van der Waals surface area contributed by atoms with Gasteiger partial charge in [-0.2, -0.15) is 0 Å². The van der Waals surface area contributed by atoms with Crippen molar-refractivity contribution in [1.82, 2.24) is 5.32 Å². The van der Waals surface area contributed by atoms with Gasteiger partial charge in [-0.1, -0.05) is 50.2 Å². The van der Waals surface area contributed by atoms with Crippen molar-refractivity contribution < 1.29 is 14.7 Å². The molecule has 2 rings (SSSR count). The zero-order valence-electron chi connectivity index (χ0n) is 12.2. The Bertz CT molecular complexity index is 659. The first kappa shape index (κ1) is 15.0. The van der Waals surface area contributed by atoms with Crippen LogP contribution in [-0.2, 0) is 4.79 Å². The number of hydrogen-bond acceptors (Lipinski definition) is 2. The van der Waals surface area contributed by atoms with Crippen molar-refractivity contribution in [3.63, 3.8) is 0 Å². The molecule has 0 spiro atoms. The van der Waals surface area contributed by atoms with E-state index in [9.17, 15) is 14.7 Å². The molecule has 0 aliphatic rings. The number of carboxylic acids is 1. The third-order valence-corrected chi connectivity index (χ3v) is 3.34. The molecule has 2 aromatic carbocycles. The maximum atomic E-state index is 12.4. The Morgan fingerprint density at radius 2 is 1.76 bits per heavy atom. The van der Waals surface area contributed by atoms with Crippen LogP contribution in [-0.4, -0.2) is 23.0 Å². The van der Waals surface area contributed by atoms with Crippen molar-refractivity contribution in [2.75, 3.05) is 0 Å². The van der Waals surface area contributed by atoms with Gasteiger partial charge in [0.2, 0.25) is 0 Å². The molecule has 1 atom stereocenters. The van der Waals surface area contributed by atoms with Crippen molar-refractivity contribution in [3.8, 4) is 0 Å². The van der Waals surface area contributed by atoms with Crippen LogP contribution in [0.3, 0.4) is 0 Å². The molecular weight excluding hydrogens is 266 g/mol. The zero-order chi connectivity index (χ0) is 15.4. The summed E-state index contributed by atoms with van der Waals surface area (Å²) in [6.45, 7) is 3.86. The molecule has 0 aliphatic carbocycles. The fourth-order valence-electron chi connectivity index (χ4n) is 2.35. The van der Waals surface area contributed by atoms with E-state index in [-0.39, 0.29) is 11.8 Å². The molecule has 0 saturated carbocycles. The average Bonchev–Trinajstić information content (AvgIpc) is 2.45. The molecule has 0 radical (unpaired) electrons. The van der Waals surface area contributed by atoms with E-state index < -0.39 is 12.0 Å². The number of hydrogen-bond donors (Lipinski definition) is 2. The molecule has 110 valence electrons. The van der Waals surface area contributed by atoms with E-state index in [4.69, 9.17) is 0 Å². The smallest absolute Gasteiger partial charge is 0.326 e. The second-order valence-corrected chi connectivity index (χ2v) is 5.52. The molecule has 21 heavy (non-hydrogen) atoms. The van der Waals surface area contributed by atoms with Crippen LogP contribution in [0, 0.1) is 5.92 Å². The van der Waals surface area contributed by atoms with E-state index in [1.165, 1.54) is 0 Å². The van der Waals surface area contributed by atoms with Gasteiger partial charge in [0.25, 0.3) is 5.91 Å². The fourth-order valence-corrected chi connectivity index (χ4v) is 2.35. The van der Waals surface area contributed by atoms with Crippen molar-refractivity contribution in [1.29, 1.82) is 0 Å². The third kappa shape index (κ3) is 3.60. The minimum atomic E-state index is -1.00. The van der Waals surface area contributed by atoms with Crippen LogP contribution < -0.4 is 5.32 Å². The normalized spacial score (nSPS) is 12.3. The van der Waals surface area contributed by atoms with Crippen LogP contribution in [0.25, 0.3) is 10.8 Å². The van der Waals surface area contributed by atoms with Gasteiger partial charge in [-0.15, -0.1) is 0 Å². The second kappa shape index (κ2) is 6.39. The molecular formula is C17H19NO3. The van der Waals surface area contributed by atoms with Crippen molar-refractivity contribution in [2.45, 2.75) is 26.3 Å². The SMILES string of the molecule is CC(C)C[C@H](NC(=O)c1cccc2ccccc12)C(=O)O. The van der Waals surface area contributed by atoms with E-state index in [0.29, 0.717) is 12.0 Å². The van der Waals surface area contributed by atoms with Gasteiger partial charge >= 0.3 is 5.97 Å². The second-order valence-electron chi connectivity index (χ2n) is 5.52. The van der Waals surface area contributed by atoms with E-state index >= 15 is 0 Å². The highest BCUT2D eigenvalue weighted by Crippen LogP contribution is 2.18. The highest BCUT2D eigenvalue weighted by molar-refractivity contribution is 6.07. The number of benzene rings is 2. The molecule has 0 bridgehead atoms. The molecule has 1 amide bonds. The summed E-state index contributed by atoms with van der Waals surface area (Å²) in [6, 6.07) is 12.1. The Labute approximate surface area is 123 Å². The summed E-state index contributed by atoms with van der Waals surface area (Å²) in [5, 5.41) is 13.6. The lowest BCUT2D eigenvalue weighted by molar-refractivity contribution is -0.139. The summed E-state index contributed by atoms with van der Waals surface area (Å²) in [5.41, 5.74) is 0.503. The Kier molecular flexibility index (Phi) is 4.58. The van der Waals surface area contributed by atoms with Crippen LogP contribution in [0.5, 0.6) is 0 Å². The number of fused-ring (bicyclic) bond motifs is 1. The topological polar surface area (TPSA) is 66.4 Å². The Hall–Kier alpha value is -2.36. The maximum absolute atomic E-state index is 12.4. The van der Waals surface area contributed by atoms with Crippen LogP contribution in [0.15, 0.2) is 42.5 Å². The number of carbonyl (C=O) groups excluding carboxylic acids is 1.